The summed E-state index contributed by atoms with van der Waals surface area (Å²) in [6.45, 7) is 0. The van der Waals surface area contributed by atoms with Crippen molar-refractivity contribution in [3.63, 3.8) is 0 Å². The molecule has 6 heteroatoms. The molecule has 0 aliphatic rings. The molecule has 0 aromatic heterocycles. The van der Waals surface area contributed by atoms with Gasteiger partial charge in [-0.2, -0.15) is 0 Å². The Morgan fingerprint density at radius 1 is 1.00 bits per heavy atom. The summed E-state index contributed by atoms with van der Waals surface area (Å²) in [7, 11) is 0. The summed E-state index contributed by atoms with van der Waals surface area (Å²) in [5, 5.41) is 10.0. The van der Waals surface area contributed by atoms with Crippen LogP contribution in [0.15, 0.2) is 42.5 Å². The minimum Gasteiger partial charge on any atom is -0.391 e. The van der Waals surface area contributed by atoms with Gasteiger partial charge in [0, 0.05) is 6.42 Å². The van der Waals surface area contributed by atoms with Gasteiger partial charge in [0.1, 0.15) is 0 Å². The van der Waals surface area contributed by atoms with Gasteiger partial charge in [-0.3, -0.25) is 0 Å². The molecule has 0 radical (unpaired) electrons. The molecule has 2 aromatic rings. The number of hydrogen-bond donors (Lipinski definition) is 2. The number of halogens is 4. The summed E-state index contributed by atoms with van der Waals surface area (Å²) in [6, 6.07) is 9.67. The predicted octanol–water partition coefficient (Wildman–Crippen LogP) is 3.13. The van der Waals surface area contributed by atoms with E-state index in [0.717, 1.165) is 17.7 Å². The van der Waals surface area contributed by atoms with Crippen LogP contribution in [0.25, 0.3) is 0 Å². The number of rotatable bonds is 4. The van der Waals surface area contributed by atoms with Crippen LogP contribution < -0.4 is 5.73 Å². The molecule has 3 N–H and O–H groups in total. The summed E-state index contributed by atoms with van der Waals surface area (Å²) in [5.41, 5.74) is 6.63. The third-order valence-corrected chi connectivity index (χ3v) is 3.09. The van der Waals surface area contributed by atoms with Crippen LogP contribution in [0.5, 0.6) is 0 Å². The molecule has 0 unspecified atom stereocenters. The average molecular weight is 318 g/mol. The Bertz CT molecular complexity index is 572. The van der Waals surface area contributed by atoms with Crippen molar-refractivity contribution in [1.29, 1.82) is 0 Å². The number of hydrogen-bond acceptors (Lipinski definition) is 2. The Hall–Kier alpha value is -1.56. The second-order valence-corrected chi connectivity index (χ2v) is 4.58. The number of benzene rings is 2. The second-order valence-electron chi connectivity index (χ2n) is 4.58. The first kappa shape index (κ1) is 17.5. The van der Waals surface area contributed by atoms with Crippen molar-refractivity contribution < 1.29 is 18.3 Å². The quantitative estimate of drug-likeness (QED) is 0.851. The van der Waals surface area contributed by atoms with Gasteiger partial charge in [-0.1, -0.05) is 30.3 Å². The maximum Gasteiger partial charge on any atom is 0.194 e. The van der Waals surface area contributed by atoms with E-state index >= 15 is 0 Å². The van der Waals surface area contributed by atoms with Crippen LogP contribution >= 0.6 is 12.4 Å². The van der Waals surface area contributed by atoms with Gasteiger partial charge in [-0.15, -0.1) is 12.4 Å². The lowest BCUT2D eigenvalue weighted by Crippen LogP contribution is -2.28. The molecule has 0 saturated heterocycles. The van der Waals surface area contributed by atoms with Gasteiger partial charge >= 0.3 is 0 Å². The van der Waals surface area contributed by atoms with E-state index in [9.17, 15) is 18.3 Å². The second kappa shape index (κ2) is 7.45. The molecule has 2 rings (SSSR count). The summed E-state index contributed by atoms with van der Waals surface area (Å²) >= 11 is 0. The highest BCUT2D eigenvalue weighted by molar-refractivity contribution is 5.85. The molecule has 0 heterocycles. The van der Waals surface area contributed by atoms with Gasteiger partial charge in [0.2, 0.25) is 0 Å². The van der Waals surface area contributed by atoms with E-state index in [0.29, 0.717) is 0 Å². The molecular formula is C15H15ClF3NO. The normalized spacial score (nSPS) is 13.4. The van der Waals surface area contributed by atoms with Gasteiger partial charge in [0.15, 0.2) is 17.5 Å². The van der Waals surface area contributed by atoms with Crippen molar-refractivity contribution in [2.24, 2.45) is 5.73 Å². The van der Waals surface area contributed by atoms with E-state index in [-0.39, 0.29) is 24.4 Å². The van der Waals surface area contributed by atoms with Crippen molar-refractivity contribution in [2.45, 2.75) is 18.6 Å². The molecule has 21 heavy (non-hydrogen) atoms. The van der Waals surface area contributed by atoms with Gasteiger partial charge in [-0.05, 0) is 23.3 Å². The Morgan fingerprint density at radius 3 is 2.05 bits per heavy atom. The maximum atomic E-state index is 13.1. The fourth-order valence-electron chi connectivity index (χ4n) is 1.97. The Morgan fingerprint density at radius 2 is 1.52 bits per heavy atom. The third-order valence-electron chi connectivity index (χ3n) is 3.09. The summed E-state index contributed by atoms with van der Waals surface area (Å²) in [6.07, 6.45) is -0.788. The standard InChI is InChI=1S/C15H14F3NO.ClH/c16-11-7-10(8-12(17)14(11)18)15(19)13(20)6-9-4-2-1-3-5-9;/h1-5,7-8,13,15,20H,6,19H2;1H/t13-,15+;/m0./s1. The minimum absolute atomic E-state index is 0. The molecule has 114 valence electrons. The molecule has 2 atom stereocenters. The average Bonchev–Trinajstić information content (AvgIpc) is 2.44. The molecule has 0 amide bonds. The largest absolute Gasteiger partial charge is 0.391 e. The van der Waals surface area contributed by atoms with Crippen LogP contribution in [-0.2, 0) is 6.42 Å². The lowest BCUT2D eigenvalue weighted by molar-refractivity contribution is 0.144. The fourth-order valence-corrected chi connectivity index (χ4v) is 1.97. The molecule has 2 nitrogen and oxygen atoms in total. The maximum absolute atomic E-state index is 13.1. The van der Waals surface area contributed by atoms with E-state index in [1.807, 2.05) is 30.3 Å². The molecule has 2 aromatic carbocycles. The topological polar surface area (TPSA) is 46.2 Å². The van der Waals surface area contributed by atoms with Crippen molar-refractivity contribution in [1.82, 2.24) is 0 Å². The molecule has 0 saturated carbocycles. The summed E-state index contributed by atoms with van der Waals surface area (Å²) in [5.74, 6) is -4.18. The molecule has 0 aliphatic heterocycles. The van der Waals surface area contributed by atoms with E-state index in [4.69, 9.17) is 5.73 Å². The SMILES string of the molecule is Cl.N[C@H](c1cc(F)c(F)c(F)c1)[C@@H](O)Cc1ccccc1. The van der Waals surface area contributed by atoms with E-state index in [2.05, 4.69) is 0 Å². The Labute approximate surface area is 126 Å². The van der Waals surface area contributed by atoms with Gasteiger partial charge in [-0.25, -0.2) is 13.2 Å². The Balaban J connectivity index is 0.00000220. The number of aliphatic hydroxyl groups excluding tert-OH is 1. The van der Waals surface area contributed by atoms with E-state index in [1.54, 1.807) is 0 Å². The Kier molecular flexibility index (Phi) is 6.20. The first-order valence-electron chi connectivity index (χ1n) is 6.11. The van der Waals surface area contributed by atoms with Crippen LogP contribution in [0.4, 0.5) is 13.2 Å². The van der Waals surface area contributed by atoms with Crippen molar-refractivity contribution >= 4 is 12.4 Å². The molecular weight excluding hydrogens is 303 g/mol. The van der Waals surface area contributed by atoms with Crippen molar-refractivity contribution in [2.75, 3.05) is 0 Å². The van der Waals surface area contributed by atoms with Crippen LogP contribution in [0.1, 0.15) is 17.2 Å². The first-order chi connectivity index (χ1) is 9.49. The lowest BCUT2D eigenvalue weighted by atomic mass is 9.96. The number of nitrogens with two attached hydrogens (primary N) is 1. The first-order valence-corrected chi connectivity index (χ1v) is 6.11. The molecule has 0 fully saturated rings. The smallest absolute Gasteiger partial charge is 0.194 e. The lowest BCUT2D eigenvalue weighted by Gasteiger charge is -2.19. The van der Waals surface area contributed by atoms with E-state index < -0.39 is 29.6 Å². The minimum atomic E-state index is -1.54. The highest BCUT2D eigenvalue weighted by atomic mass is 35.5. The van der Waals surface area contributed by atoms with Gasteiger partial charge < -0.3 is 10.8 Å². The van der Waals surface area contributed by atoms with Crippen LogP contribution in [-0.4, -0.2) is 11.2 Å². The third kappa shape index (κ3) is 4.20. The van der Waals surface area contributed by atoms with Crippen LogP contribution in [0.3, 0.4) is 0 Å². The zero-order chi connectivity index (χ0) is 14.7. The monoisotopic (exact) mass is 317 g/mol. The molecule has 0 aliphatic carbocycles. The van der Waals surface area contributed by atoms with Crippen molar-refractivity contribution in [3.05, 3.63) is 71.0 Å². The highest BCUT2D eigenvalue weighted by Crippen LogP contribution is 2.21. The predicted molar refractivity (Wildman–Crippen MR) is 76.6 cm³/mol. The summed E-state index contributed by atoms with van der Waals surface area (Å²) < 4.78 is 39.1. The fraction of sp³-hybridized carbons (Fsp3) is 0.200. The number of aliphatic hydroxyl groups is 1. The summed E-state index contributed by atoms with van der Waals surface area (Å²) in [4.78, 5) is 0. The zero-order valence-corrected chi connectivity index (χ0v) is 11.8. The highest BCUT2D eigenvalue weighted by Gasteiger charge is 2.21. The van der Waals surface area contributed by atoms with Crippen LogP contribution in [0.2, 0.25) is 0 Å². The van der Waals surface area contributed by atoms with Crippen molar-refractivity contribution in [3.8, 4) is 0 Å². The molecule has 0 spiro atoms. The van der Waals surface area contributed by atoms with Gasteiger partial charge in [0.25, 0.3) is 0 Å². The molecule has 0 bridgehead atoms. The van der Waals surface area contributed by atoms with Crippen LogP contribution in [0, 0.1) is 17.5 Å². The zero-order valence-electron chi connectivity index (χ0n) is 11.0. The van der Waals surface area contributed by atoms with Gasteiger partial charge in [0.05, 0.1) is 12.1 Å². The van der Waals surface area contributed by atoms with E-state index in [1.165, 1.54) is 0 Å².